The number of fused-ring (bicyclic) bond motifs is 2. The van der Waals surface area contributed by atoms with E-state index >= 15 is 0 Å². The average molecular weight is 301 g/mol. The summed E-state index contributed by atoms with van der Waals surface area (Å²) in [5, 5.41) is 0.999. The highest BCUT2D eigenvalue weighted by molar-refractivity contribution is 6.40. The fraction of sp³-hybridized carbons (Fsp3) is 0.100. The van der Waals surface area contributed by atoms with Crippen molar-refractivity contribution in [2.75, 3.05) is 0 Å². The molecule has 23 heavy (non-hydrogen) atoms. The zero-order valence-electron chi connectivity index (χ0n) is 13.0. The Hall–Kier alpha value is -2.94. The van der Waals surface area contributed by atoms with Crippen LogP contribution in [0, 0.1) is 6.92 Å². The minimum absolute atomic E-state index is 0.0837. The van der Waals surface area contributed by atoms with Gasteiger partial charge >= 0.3 is 0 Å². The van der Waals surface area contributed by atoms with Crippen LogP contribution in [-0.2, 0) is 7.05 Å². The molecular formula is C20H15NO2. The first kappa shape index (κ1) is 13.7. The zero-order chi connectivity index (χ0) is 16.1. The number of benzene rings is 2. The average Bonchev–Trinajstić information content (AvgIpc) is 2.83. The lowest BCUT2D eigenvalue weighted by molar-refractivity contribution is 0.100. The number of Topliss-reactive ketones (excluding diaryl/α,β-unsaturated/α-hetero) is 1. The van der Waals surface area contributed by atoms with Gasteiger partial charge in [0.15, 0.2) is 11.6 Å². The van der Waals surface area contributed by atoms with E-state index in [1.807, 2.05) is 38.2 Å². The smallest absolute Gasteiger partial charge is 0.194 e. The zero-order valence-corrected chi connectivity index (χ0v) is 13.0. The van der Waals surface area contributed by atoms with Crippen LogP contribution < -0.4 is 0 Å². The Labute approximate surface area is 133 Å². The molecule has 4 rings (SSSR count). The monoisotopic (exact) mass is 301 g/mol. The van der Waals surface area contributed by atoms with Crippen LogP contribution in [0.4, 0.5) is 0 Å². The Kier molecular flexibility index (Phi) is 2.85. The molecule has 0 unspecified atom stereocenters. The van der Waals surface area contributed by atoms with E-state index in [1.54, 1.807) is 24.3 Å². The van der Waals surface area contributed by atoms with Gasteiger partial charge in [0.2, 0.25) is 0 Å². The van der Waals surface area contributed by atoms with Crippen LogP contribution >= 0.6 is 0 Å². The summed E-state index contributed by atoms with van der Waals surface area (Å²) in [5.74, 6) is -0.192. The molecule has 1 aliphatic rings. The van der Waals surface area contributed by atoms with Gasteiger partial charge in [-0.15, -0.1) is 0 Å². The number of carbonyl (C=O) groups is 2. The Morgan fingerprint density at radius 1 is 0.870 bits per heavy atom. The third-order valence-electron chi connectivity index (χ3n) is 4.63. The highest BCUT2D eigenvalue weighted by Crippen LogP contribution is 2.35. The summed E-state index contributed by atoms with van der Waals surface area (Å²) >= 11 is 0. The molecule has 0 saturated carbocycles. The highest BCUT2D eigenvalue weighted by atomic mass is 16.1. The Morgan fingerprint density at radius 2 is 1.52 bits per heavy atom. The van der Waals surface area contributed by atoms with Gasteiger partial charge in [-0.2, -0.15) is 0 Å². The van der Waals surface area contributed by atoms with Gasteiger partial charge in [-0.25, -0.2) is 0 Å². The first-order valence-corrected chi connectivity index (χ1v) is 7.53. The molecule has 0 N–H and O–H groups in total. The van der Waals surface area contributed by atoms with Gasteiger partial charge in [0.05, 0.1) is 0 Å². The lowest BCUT2D eigenvalue weighted by Crippen LogP contribution is -2.16. The minimum atomic E-state index is -0.109. The van der Waals surface area contributed by atoms with Gasteiger partial charge in [-0.05, 0) is 19.1 Å². The van der Waals surface area contributed by atoms with Crippen LogP contribution in [0.15, 0.2) is 54.6 Å². The molecule has 0 atom stereocenters. The van der Waals surface area contributed by atoms with E-state index in [0.29, 0.717) is 16.7 Å². The molecule has 0 bridgehead atoms. The van der Waals surface area contributed by atoms with Crippen molar-refractivity contribution in [2.24, 2.45) is 7.05 Å². The molecule has 3 aromatic rings. The molecular weight excluding hydrogens is 286 g/mol. The van der Waals surface area contributed by atoms with Crippen LogP contribution in [0.3, 0.4) is 0 Å². The van der Waals surface area contributed by atoms with Crippen molar-refractivity contribution in [2.45, 2.75) is 6.92 Å². The summed E-state index contributed by atoms with van der Waals surface area (Å²) in [6.45, 7) is 1.98. The summed E-state index contributed by atoms with van der Waals surface area (Å²) in [4.78, 5) is 25.4. The molecule has 0 amide bonds. The maximum absolute atomic E-state index is 12.9. The van der Waals surface area contributed by atoms with Crippen molar-refractivity contribution < 1.29 is 9.59 Å². The molecule has 3 nitrogen and oxygen atoms in total. The third kappa shape index (κ3) is 1.83. The van der Waals surface area contributed by atoms with E-state index in [4.69, 9.17) is 0 Å². The molecule has 1 aromatic heterocycles. The molecule has 0 saturated heterocycles. The number of aryl methyl sites for hydroxylation is 1. The number of allylic oxidation sites excluding steroid dienone is 2. The van der Waals surface area contributed by atoms with Crippen LogP contribution in [0.25, 0.3) is 16.5 Å². The largest absolute Gasteiger partial charge is 0.347 e. The number of carbonyl (C=O) groups excluding carboxylic acids is 2. The van der Waals surface area contributed by atoms with Gasteiger partial charge in [-0.3, -0.25) is 9.59 Å². The number of para-hydroxylation sites is 1. The lowest BCUT2D eigenvalue weighted by atomic mass is 9.85. The number of rotatable bonds is 1. The number of hydrogen-bond acceptors (Lipinski definition) is 2. The maximum Gasteiger partial charge on any atom is 0.194 e. The SMILES string of the molecule is Cc1c(C2=CC(=O)c3ccccc3C2=O)c2ccccc2n1C. The summed E-state index contributed by atoms with van der Waals surface area (Å²) in [7, 11) is 1.98. The molecule has 3 heteroatoms. The predicted octanol–water partition coefficient (Wildman–Crippen LogP) is 3.95. The second-order valence-electron chi connectivity index (χ2n) is 5.83. The van der Waals surface area contributed by atoms with Crippen LogP contribution in [0.2, 0.25) is 0 Å². The third-order valence-corrected chi connectivity index (χ3v) is 4.63. The summed E-state index contributed by atoms with van der Waals surface area (Å²) in [6.07, 6.45) is 1.49. The van der Waals surface area contributed by atoms with Gasteiger partial charge in [-0.1, -0.05) is 42.5 Å². The van der Waals surface area contributed by atoms with Crippen LogP contribution in [-0.4, -0.2) is 16.1 Å². The highest BCUT2D eigenvalue weighted by Gasteiger charge is 2.29. The fourth-order valence-electron chi connectivity index (χ4n) is 3.36. The van der Waals surface area contributed by atoms with Crippen molar-refractivity contribution in [3.05, 3.63) is 77.0 Å². The van der Waals surface area contributed by atoms with E-state index in [-0.39, 0.29) is 11.6 Å². The summed E-state index contributed by atoms with van der Waals surface area (Å²) < 4.78 is 2.06. The van der Waals surface area contributed by atoms with Gasteiger partial charge in [0.1, 0.15) is 0 Å². The minimum Gasteiger partial charge on any atom is -0.347 e. The van der Waals surface area contributed by atoms with E-state index in [1.165, 1.54) is 6.08 Å². The van der Waals surface area contributed by atoms with Crippen molar-refractivity contribution in [3.63, 3.8) is 0 Å². The van der Waals surface area contributed by atoms with E-state index in [9.17, 15) is 9.59 Å². The molecule has 2 aromatic carbocycles. The van der Waals surface area contributed by atoms with Crippen molar-refractivity contribution in [3.8, 4) is 0 Å². The molecule has 0 aliphatic heterocycles. The Bertz CT molecular complexity index is 1020. The number of hydrogen-bond donors (Lipinski definition) is 0. The first-order chi connectivity index (χ1) is 11.1. The van der Waals surface area contributed by atoms with Gasteiger partial charge in [0, 0.05) is 45.9 Å². The fourth-order valence-corrected chi connectivity index (χ4v) is 3.36. The van der Waals surface area contributed by atoms with Gasteiger partial charge in [0.25, 0.3) is 0 Å². The Morgan fingerprint density at radius 3 is 2.30 bits per heavy atom. The van der Waals surface area contributed by atoms with Crippen molar-refractivity contribution in [1.82, 2.24) is 4.57 Å². The van der Waals surface area contributed by atoms with E-state index < -0.39 is 0 Å². The van der Waals surface area contributed by atoms with Gasteiger partial charge < -0.3 is 4.57 Å². The first-order valence-electron chi connectivity index (χ1n) is 7.53. The number of aromatic nitrogens is 1. The van der Waals surface area contributed by atoms with Crippen LogP contribution in [0.1, 0.15) is 32.0 Å². The molecule has 0 spiro atoms. The summed E-state index contributed by atoms with van der Waals surface area (Å²) in [6, 6.07) is 15.0. The number of nitrogens with zero attached hydrogens (tertiary/aromatic N) is 1. The standard InChI is InChI=1S/C20H15NO2/c1-12-19(15-9-5-6-10-17(15)21(12)2)16-11-18(22)13-7-3-4-8-14(13)20(16)23/h3-11H,1-2H3. The summed E-state index contributed by atoms with van der Waals surface area (Å²) in [5.41, 5.74) is 4.36. The maximum atomic E-state index is 12.9. The van der Waals surface area contributed by atoms with E-state index in [0.717, 1.165) is 22.2 Å². The molecule has 1 aliphatic carbocycles. The second-order valence-corrected chi connectivity index (χ2v) is 5.83. The normalized spacial score (nSPS) is 14.1. The van der Waals surface area contributed by atoms with Crippen molar-refractivity contribution >= 4 is 28.0 Å². The molecule has 0 radical (unpaired) electrons. The molecule has 1 heterocycles. The topological polar surface area (TPSA) is 39.1 Å². The van der Waals surface area contributed by atoms with Crippen LogP contribution in [0.5, 0.6) is 0 Å². The quantitative estimate of drug-likeness (QED) is 0.682. The molecule has 112 valence electrons. The Balaban J connectivity index is 2.02. The number of ketones is 2. The van der Waals surface area contributed by atoms with Crippen molar-refractivity contribution in [1.29, 1.82) is 0 Å². The molecule has 0 fully saturated rings. The van der Waals surface area contributed by atoms with E-state index in [2.05, 4.69) is 4.57 Å². The second kappa shape index (κ2) is 4.78. The lowest BCUT2D eigenvalue weighted by Gasteiger charge is -2.15. The predicted molar refractivity (Wildman–Crippen MR) is 90.7 cm³/mol.